The highest BCUT2D eigenvalue weighted by Gasteiger charge is 2.43. The van der Waals surface area contributed by atoms with Crippen molar-refractivity contribution in [2.45, 2.75) is 32.9 Å². The van der Waals surface area contributed by atoms with Crippen molar-refractivity contribution in [3.8, 4) is 11.3 Å². The maximum atomic E-state index is 15.4. The molecule has 2 N–H and O–H groups in total. The Bertz CT molecular complexity index is 1370. The summed E-state index contributed by atoms with van der Waals surface area (Å²) in [4.78, 5) is 20.8. The molecule has 2 atom stereocenters. The van der Waals surface area contributed by atoms with E-state index in [1.165, 1.54) is 0 Å². The zero-order chi connectivity index (χ0) is 21.9. The predicted molar refractivity (Wildman–Crippen MR) is 114 cm³/mol. The fourth-order valence-corrected chi connectivity index (χ4v) is 3.97. The second kappa shape index (κ2) is 6.97. The fraction of sp³-hybridized carbons (Fsp3) is 0.273. The molecule has 7 nitrogen and oxygen atoms in total. The second-order valence-electron chi connectivity index (χ2n) is 7.85. The summed E-state index contributed by atoms with van der Waals surface area (Å²) >= 11 is 0. The van der Waals surface area contributed by atoms with Crippen LogP contribution >= 0.6 is 0 Å². The van der Waals surface area contributed by atoms with Gasteiger partial charge in [0.1, 0.15) is 12.0 Å². The summed E-state index contributed by atoms with van der Waals surface area (Å²) in [6.07, 6.45) is 6.20. The summed E-state index contributed by atoms with van der Waals surface area (Å²) in [7, 11) is 0. The van der Waals surface area contributed by atoms with Crippen LogP contribution in [-0.2, 0) is 11.2 Å². The molecule has 4 aromatic rings. The molecule has 1 fully saturated rings. The first-order valence-electron chi connectivity index (χ1n) is 10.0. The lowest BCUT2D eigenvalue weighted by Gasteiger charge is -2.15. The number of nitrogens with zero attached hydrogens (tertiary/aromatic N) is 4. The van der Waals surface area contributed by atoms with Gasteiger partial charge in [-0.25, -0.2) is 13.8 Å². The minimum Gasteiger partial charge on any atom is -0.309 e. The minimum atomic E-state index is -1.08. The molecule has 0 radical (unpaired) electrons. The summed E-state index contributed by atoms with van der Waals surface area (Å²) in [5, 5.41) is 10.4. The van der Waals surface area contributed by atoms with Gasteiger partial charge in [-0.3, -0.25) is 14.9 Å². The van der Waals surface area contributed by atoms with Gasteiger partial charge in [0.25, 0.3) is 0 Å². The van der Waals surface area contributed by atoms with Gasteiger partial charge < -0.3 is 9.72 Å². The van der Waals surface area contributed by atoms with Gasteiger partial charge in [0.2, 0.25) is 5.91 Å². The van der Waals surface area contributed by atoms with E-state index in [1.54, 1.807) is 36.1 Å². The molecular weight excluding hydrogens is 402 g/mol. The Labute approximate surface area is 176 Å². The van der Waals surface area contributed by atoms with Gasteiger partial charge in [0, 0.05) is 22.7 Å². The monoisotopic (exact) mass is 422 g/mol. The first-order valence-corrected chi connectivity index (χ1v) is 10.0. The molecule has 0 saturated heterocycles. The number of amides is 1. The van der Waals surface area contributed by atoms with Crippen LogP contribution < -0.4 is 5.32 Å². The van der Waals surface area contributed by atoms with E-state index >= 15 is 4.39 Å². The number of aromatic nitrogens is 5. The van der Waals surface area contributed by atoms with Gasteiger partial charge in [0.05, 0.1) is 35.7 Å². The third kappa shape index (κ3) is 3.08. The Morgan fingerprint density at radius 2 is 2.16 bits per heavy atom. The molecule has 1 aliphatic rings. The summed E-state index contributed by atoms with van der Waals surface area (Å²) in [5.41, 5.74) is 3.83. The summed E-state index contributed by atoms with van der Waals surface area (Å²) < 4.78 is 30.2. The number of rotatable bonds is 5. The fourth-order valence-electron chi connectivity index (χ4n) is 3.97. The van der Waals surface area contributed by atoms with Crippen LogP contribution in [0.4, 0.5) is 14.6 Å². The highest BCUT2D eigenvalue weighted by molar-refractivity contribution is 6.01. The Balaban J connectivity index is 1.62. The normalized spacial score (nSPS) is 17.9. The molecule has 9 heteroatoms. The number of carbonyl (C=O) groups excluding carboxylic acids is 1. The Kier molecular flexibility index (Phi) is 4.35. The summed E-state index contributed by atoms with van der Waals surface area (Å²) in [6, 6.07) is 0. The van der Waals surface area contributed by atoms with Crippen LogP contribution in [0.1, 0.15) is 31.4 Å². The van der Waals surface area contributed by atoms with Crippen molar-refractivity contribution < 1.29 is 13.6 Å². The Hall–Kier alpha value is -3.62. The summed E-state index contributed by atoms with van der Waals surface area (Å²) in [6.45, 7) is 7.55. The van der Waals surface area contributed by atoms with E-state index in [0.29, 0.717) is 51.4 Å². The van der Waals surface area contributed by atoms with Crippen molar-refractivity contribution in [2.24, 2.45) is 5.92 Å². The van der Waals surface area contributed by atoms with Gasteiger partial charge in [-0.05, 0) is 30.9 Å². The lowest BCUT2D eigenvalue weighted by atomic mass is 9.92. The molecular formula is C22H20F2N6O. The van der Waals surface area contributed by atoms with E-state index < -0.39 is 12.1 Å². The number of hydrogen-bond acceptors (Lipinski definition) is 4. The smallest absolute Gasteiger partial charge is 0.231 e. The third-order valence-electron chi connectivity index (χ3n) is 5.62. The van der Waals surface area contributed by atoms with E-state index in [-0.39, 0.29) is 18.1 Å². The number of hydrogen-bond donors (Lipinski definition) is 2. The van der Waals surface area contributed by atoms with E-state index in [0.717, 1.165) is 5.39 Å². The number of alkyl halides is 1. The molecule has 1 amide bonds. The second-order valence-corrected chi connectivity index (χ2v) is 7.85. The van der Waals surface area contributed by atoms with Crippen molar-refractivity contribution in [2.75, 3.05) is 5.32 Å². The molecule has 0 aliphatic heterocycles. The zero-order valence-electron chi connectivity index (χ0n) is 17.0. The number of nitrogens with one attached hydrogen (secondary N) is 2. The molecule has 158 valence electrons. The topological polar surface area (TPSA) is 88.0 Å². The molecule has 0 bridgehead atoms. The predicted octanol–water partition coefficient (Wildman–Crippen LogP) is 4.30. The number of halogens is 2. The number of imidazole rings is 1. The van der Waals surface area contributed by atoms with Crippen LogP contribution in [0.25, 0.3) is 33.4 Å². The van der Waals surface area contributed by atoms with Gasteiger partial charge in [0.15, 0.2) is 11.5 Å². The molecule has 1 aromatic carbocycles. The molecule has 0 spiro atoms. The highest BCUT2D eigenvalue weighted by Crippen LogP contribution is 2.38. The zero-order valence-corrected chi connectivity index (χ0v) is 17.0. The van der Waals surface area contributed by atoms with E-state index in [4.69, 9.17) is 0 Å². The first-order chi connectivity index (χ1) is 14.9. The highest BCUT2D eigenvalue weighted by atomic mass is 19.1. The summed E-state index contributed by atoms with van der Waals surface area (Å²) in [5.74, 6) is -1.01. The third-order valence-corrected chi connectivity index (χ3v) is 5.62. The van der Waals surface area contributed by atoms with Crippen molar-refractivity contribution >= 4 is 33.8 Å². The number of allylic oxidation sites excluding steroid dienone is 1. The molecule has 0 unspecified atom stereocenters. The molecule has 1 aliphatic carbocycles. The molecule has 31 heavy (non-hydrogen) atoms. The Morgan fingerprint density at radius 3 is 2.84 bits per heavy atom. The standard InChI is InChI=1S/C22H20F2N6O/c1-4-11-19(13-6-26-29-21(13)18(10(2)3)20(11)24)15-8-30-9-16(27-17(30)7-25-15)28-22(31)12-5-14(12)23/h6-9,12,14H,2,4-5H2,1,3H3,(H,26,29)(H,28,31)/t12-,14+/m1/s1. The minimum absolute atomic E-state index is 0.247. The molecule has 5 rings (SSSR count). The maximum absolute atomic E-state index is 15.4. The number of aromatic amines is 1. The average molecular weight is 422 g/mol. The van der Waals surface area contributed by atoms with E-state index in [1.807, 2.05) is 6.92 Å². The number of benzene rings is 1. The lowest BCUT2D eigenvalue weighted by Crippen LogP contribution is -2.15. The van der Waals surface area contributed by atoms with Crippen LogP contribution in [-0.4, -0.2) is 36.6 Å². The largest absolute Gasteiger partial charge is 0.309 e. The van der Waals surface area contributed by atoms with Gasteiger partial charge in [-0.1, -0.05) is 13.5 Å². The van der Waals surface area contributed by atoms with Gasteiger partial charge >= 0.3 is 0 Å². The quantitative estimate of drug-likeness (QED) is 0.502. The van der Waals surface area contributed by atoms with Crippen molar-refractivity contribution in [3.63, 3.8) is 0 Å². The molecule has 3 heterocycles. The first kappa shape index (κ1) is 19.3. The number of carbonyl (C=O) groups is 1. The van der Waals surface area contributed by atoms with Gasteiger partial charge in [-0.15, -0.1) is 0 Å². The molecule has 3 aromatic heterocycles. The van der Waals surface area contributed by atoms with Crippen molar-refractivity contribution in [1.29, 1.82) is 0 Å². The Morgan fingerprint density at radius 1 is 1.39 bits per heavy atom. The number of H-pyrrole nitrogens is 1. The van der Waals surface area contributed by atoms with Crippen LogP contribution in [0.3, 0.4) is 0 Å². The number of anilines is 1. The lowest BCUT2D eigenvalue weighted by molar-refractivity contribution is -0.117. The van der Waals surface area contributed by atoms with Crippen LogP contribution in [0.2, 0.25) is 0 Å². The van der Waals surface area contributed by atoms with Crippen molar-refractivity contribution in [3.05, 3.63) is 48.3 Å². The van der Waals surface area contributed by atoms with Gasteiger partial charge in [-0.2, -0.15) is 5.10 Å². The van der Waals surface area contributed by atoms with E-state index in [9.17, 15) is 9.18 Å². The number of fused-ring (bicyclic) bond motifs is 2. The molecule has 1 saturated carbocycles. The van der Waals surface area contributed by atoms with E-state index in [2.05, 4.69) is 32.1 Å². The SMILES string of the molecule is C=C(C)c1c(F)c(CC)c(-c2cn3cc(NC(=O)[C@@H]4C[C@@H]4F)nc3cn2)c2cn[nH]c12. The average Bonchev–Trinajstić information content (AvgIpc) is 3.11. The van der Waals surface area contributed by atoms with Crippen molar-refractivity contribution in [1.82, 2.24) is 24.6 Å². The maximum Gasteiger partial charge on any atom is 0.231 e. The van der Waals surface area contributed by atoms with Crippen LogP contribution in [0.15, 0.2) is 31.4 Å². The van der Waals surface area contributed by atoms with Crippen LogP contribution in [0, 0.1) is 11.7 Å². The van der Waals surface area contributed by atoms with Crippen LogP contribution in [0.5, 0.6) is 0 Å².